The second-order valence-electron chi connectivity index (χ2n) is 6.86. The normalized spacial score (nSPS) is 10.9. The van der Waals surface area contributed by atoms with Crippen LogP contribution in [0.25, 0.3) is 0 Å². The smallest absolute Gasteiger partial charge is 0.230 e. The van der Waals surface area contributed by atoms with E-state index < -0.39 is 0 Å². The van der Waals surface area contributed by atoms with Gasteiger partial charge >= 0.3 is 0 Å². The minimum atomic E-state index is -0.0584. The molecule has 0 aliphatic heterocycles. The summed E-state index contributed by atoms with van der Waals surface area (Å²) in [5, 5.41) is 15.0. The molecule has 0 atom stereocenters. The maximum atomic E-state index is 12.4. The Labute approximate surface area is 192 Å². The van der Waals surface area contributed by atoms with Gasteiger partial charge in [0.25, 0.3) is 0 Å². The third-order valence-corrected chi connectivity index (χ3v) is 7.31. The lowest BCUT2D eigenvalue weighted by molar-refractivity contribution is -0.115. The molecule has 1 N–H and O–H groups in total. The molecule has 1 aromatic carbocycles. The molecule has 0 aliphatic carbocycles. The summed E-state index contributed by atoms with van der Waals surface area (Å²) in [6, 6.07) is 9.82. The fraction of sp³-hybridized carbons (Fsp3) is 0.238. The van der Waals surface area contributed by atoms with Gasteiger partial charge in [0.05, 0.1) is 24.2 Å². The number of anilines is 3. The number of carbonyl (C=O) groups excluding carboxylic acids is 1. The first kappa shape index (κ1) is 21.5. The summed E-state index contributed by atoms with van der Waals surface area (Å²) in [6.45, 7) is 6.18. The van der Waals surface area contributed by atoms with E-state index >= 15 is 0 Å². The number of nitrogens with one attached hydrogen (secondary N) is 1. The molecule has 3 aromatic heterocycles. The molecule has 0 saturated carbocycles. The van der Waals surface area contributed by atoms with Crippen molar-refractivity contribution in [3.05, 3.63) is 64.6 Å². The van der Waals surface area contributed by atoms with Gasteiger partial charge in [-0.15, -0.1) is 21.5 Å². The van der Waals surface area contributed by atoms with Crippen LogP contribution < -0.4 is 10.2 Å². The summed E-state index contributed by atoms with van der Waals surface area (Å²) in [5.41, 5.74) is 3.98. The van der Waals surface area contributed by atoms with Crippen LogP contribution in [0.3, 0.4) is 0 Å². The second-order valence-corrected chi connectivity index (χ2v) is 9.90. The Balaban J connectivity index is 1.40. The highest BCUT2D eigenvalue weighted by atomic mass is 32.2. The number of hydrogen-bond acceptors (Lipinski definition) is 9. The van der Waals surface area contributed by atoms with Gasteiger partial charge in [0.15, 0.2) is 9.47 Å². The molecule has 31 heavy (non-hydrogen) atoms. The van der Waals surface area contributed by atoms with E-state index in [1.165, 1.54) is 22.7 Å². The molecular formula is C21H21N5O2S3. The van der Waals surface area contributed by atoms with Crippen LogP contribution in [0.1, 0.15) is 29.5 Å². The summed E-state index contributed by atoms with van der Waals surface area (Å²) < 4.78 is 6.16. The van der Waals surface area contributed by atoms with E-state index in [9.17, 15) is 4.79 Å². The third kappa shape index (κ3) is 5.33. The molecule has 4 aromatic rings. The topological polar surface area (TPSA) is 84.2 Å². The van der Waals surface area contributed by atoms with Crippen LogP contribution in [0.15, 0.2) is 50.7 Å². The van der Waals surface area contributed by atoms with Crippen LogP contribution in [0.4, 0.5) is 16.0 Å². The SMILES string of the molecule is CC(=O)N(c1nc(CSc2nnc(NCc3ccco3)s2)cs1)c1ccc(C)cc1C. The Bertz CT molecular complexity index is 1170. The number of benzene rings is 1. The molecule has 0 fully saturated rings. The standard InChI is InChI=1S/C21H21N5O2S3/c1-13-6-7-18(14(2)9-13)26(15(3)27)20-23-16(11-29-20)12-30-21-25-24-19(31-21)22-10-17-5-4-8-28-17/h4-9,11H,10,12H2,1-3H3,(H,22,24). The number of furan rings is 1. The fourth-order valence-corrected chi connectivity index (χ4v) is 5.61. The number of amides is 1. The van der Waals surface area contributed by atoms with Gasteiger partial charge < -0.3 is 9.73 Å². The highest BCUT2D eigenvalue weighted by molar-refractivity contribution is 8.00. The van der Waals surface area contributed by atoms with E-state index in [4.69, 9.17) is 9.40 Å². The fourth-order valence-electron chi connectivity index (χ4n) is 2.98. The Morgan fingerprint density at radius 2 is 2.13 bits per heavy atom. The number of aryl methyl sites for hydroxylation is 2. The van der Waals surface area contributed by atoms with E-state index in [2.05, 4.69) is 21.6 Å². The zero-order chi connectivity index (χ0) is 21.8. The highest BCUT2D eigenvalue weighted by Crippen LogP contribution is 2.34. The van der Waals surface area contributed by atoms with Crippen molar-refractivity contribution in [2.24, 2.45) is 0 Å². The number of hydrogen-bond donors (Lipinski definition) is 1. The van der Waals surface area contributed by atoms with Crippen molar-refractivity contribution in [1.29, 1.82) is 0 Å². The molecule has 10 heteroatoms. The van der Waals surface area contributed by atoms with Crippen LogP contribution in [0.5, 0.6) is 0 Å². The lowest BCUT2D eigenvalue weighted by atomic mass is 10.1. The maximum Gasteiger partial charge on any atom is 0.230 e. The molecule has 1 amide bonds. The molecule has 4 rings (SSSR count). The van der Waals surface area contributed by atoms with Gasteiger partial charge in [-0.05, 0) is 37.6 Å². The number of thioether (sulfide) groups is 1. The Morgan fingerprint density at radius 3 is 2.87 bits per heavy atom. The van der Waals surface area contributed by atoms with Gasteiger partial charge in [-0.3, -0.25) is 9.69 Å². The number of rotatable bonds is 8. The summed E-state index contributed by atoms with van der Waals surface area (Å²) in [7, 11) is 0. The summed E-state index contributed by atoms with van der Waals surface area (Å²) in [6.07, 6.45) is 1.65. The molecule has 3 heterocycles. The minimum absolute atomic E-state index is 0.0584. The molecule has 0 aliphatic rings. The number of aromatic nitrogens is 3. The van der Waals surface area contributed by atoms with Gasteiger partial charge in [0.1, 0.15) is 5.76 Å². The van der Waals surface area contributed by atoms with Gasteiger partial charge in [-0.1, -0.05) is 40.8 Å². The third-order valence-electron chi connectivity index (χ3n) is 4.38. The van der Waals surface area contributed by atoms with Crippen LogP contribution in [-0.2, 0) is 17.1 Å². The van der Waals surface area contributed by atoms with E-state index in [1.54, 1.807) is 29.8 Å². The van der Waals surface area contributed by atoms with Crippen molar-refractivity contribution in [2.45, 2.75) is 37.4 Å². The first-order chi connectivity index (χ1) is 15.0. The van der Waals surface area contributed by atoms with E-state index in [0.29, 0.717) is 17.4 Å². The lowest BCUT2D eigenvalue weighted by Gasteiger charge is -2.20. The van der Waals surface area contributed by atoms with Crippen molar-refractivity contribution in [1.82, 2.24) is 15.2 Å². The Hall–Kier alpha value is -2.69. The Kier molecular flexibility index (Phi) is 6.69. The largest absolute Gasteiger partial charge is 0.467 e. The second kappa shape index (κ2) is 9.63. The predicted octanol–water partition coefficient (Wildman–Crippen LogP) is 5.79. The molecule has 0 radical (unpaired) electrons. The van der Waals surface area contributed by atoms with Crippen molar-refractivity contribution in [2.75, 3.05) is 10.2 Å². The summed E-state index contributed by atoms with van der Waals surface area (Å²) in [5.74, 6) is 1.44. The van der Waals surface area contributed by atoms with E-state index in [0.717, 1.165) is 37.7 Å². The van der Waals surface area contributed by atoms with Gasteiger partial charge in [-0.2, -0.15) is 0 Å². The molecule has 0 bridgehead atoms. The number of thiazole rings is 1. The molecule has 0 saturated heterocycles. The van der Waals surface area contributed by atoms with Crippen molar-refractivity contribution >= 4 is 56.3 Å². The van der Waals surface area contributed by atoms with Crippen LogP contribution in [0, 0.1) is 13.8 Å². The number of nitrogens with zero attached hydrogens (tertiary/aromatic N) is 4. The van der Waals surface area contributed by atoms with E-state index in [-0.39, 0.29) is 5.91 Å². The van der Waals surface area contributed by atoms with Crippen LogP contribution in [-0.4, -0.2) is 21.1 Å². The van der Waals surface area contributed by atoms with Crippen LogP contribution >= 0.6 is 34.4 Å². The first-order valence-electron chi connectivity index (χ1n) is 9.54. The van der Waals surface area contributed by atoms with Crippen molar-refractivity contribution in [3.8, 4) is 0 Å². The number of carbonyl (C=O) groups is 1. The average molecular weight is 472 g/mol. The van der Waals surface area contributed by atoms with Gasteiger partial charge in [0.2, 0.25) is 11.0 Å². The van der Waals surface area contributed by atoms with Crippen LogP contribution in [0.2, 0.25) is 0 Å². The molecule has 160 valence electrons. The quantitative estimate of drug-likeness (QED) is 0.325. The molecular weight excluding hydrogens is 450 g/mol. The molecule has 0 spiro atoms. The first-order valence-corrected chi connectivity index (χ1v) is 12.2. The lowest BCUT2D eigenvalue weighted by Crippen LogP contribution is -2.23. The van der Waals surface area contributed by atoms with Crippen molar-refractivity contribution in [3.63, 3.8) is 0 Å². The predicted molar refractivity (Wildman–Crippen MR) is 126 cm³/mol. The summed E-state index contributed by atoms with van der Waals surface area (Å²) >= 11 is 4.53. The average Bonchev–Trinajstić information content (AvgIpc) is 3.49. The zero-order valence-electron chi connectivity index (χ0n) is 17.3. The minimum Gasteiger partial charge on any atom is -0.467 e. The highest BCUT2D eigenvalue weighted by Gasteiger charge is 2.20. The zero-order valence-corrected chi connectivity index (χ0v) is 19.7. The van der Waals surface area contributed by atoms with Crippen molar-refractivity contribution < 1.29 is 9.21 Å². The maximum absolute atomic E-state index is 12.4. The monoisotopic (exact) mass is 471 g/mol. The summed E-state index contributed by atoms with van der Waals surface area (Å²) in [4.78, 5) is 18.7. The molecule has 0 unspecified atom stereocenters. The van der Waals surface area contributed by atoms with E-state index in [1.807, 2.05) is 43.5 Å². The molecule has 7 nitrogen and oxygen atoms in total. The van der Waals surface area contributed by atoms with Gasteiger partial charge in [-0.25, -0.2) is 4.98 Å². The Morgan fingerprint density at radius 1 is 1.26 bits per heavy atom. The van der Waals surface area contributed by atoms with Gasteiger partial charge in [0, 0.05) is 18.1 Å².